The van der Waals surface area contributed by atoms with E-state index >= 15 is 0 Å². The van der Waals surface area contributed by atoms with E-state index < -0.39 is 5.60 Å². The van der Waals surface area contributed by atoms with E-state index in [0.29, 0.717) is 17.0 Å². The van der Waals surface area contributed by atoms with E-state index in [4.69, 9.17) is 10.00 Å². The third-order valence-corrected chi connectivity index (χ3v) is 3.01. The molecule has 0 aromatic heterocycles. The quantitative estimate of drug-likeness (QED) is 0.600. The summed E-state index contributed by atoms with van der Waals surface area (Å²) in [7, 11) is 0. The van der Waals surface area contributed by atoms with Crippen molar-refractivity contribution in [3.8, 4) is 11.8 Å². The van der Waals surface area contributed by atoms with Gasteiger partial charge in [0.25, 0.3) is 5.91 Å². The van der Waals surface area contributed by atoms with Gasteiger partial charge in [-0.1, -0.05) is 0 Å². The lowest BCUT2D eigenvalue weighted by atomic mass is 10.0. The molecule has 0 saturated carbocycles. The number of hydrogen-bond acceptors (Lipinski definition) is 4. The zero-order chi connectivity index (χ0) is 14.2. The number of amides is 1. The van der Waals surface area contributed by atoms with Crippen LogP contribution in [0.4, 0.5) is 5.69 Å². The highest BCUT2D eigenvalue weighted by atomic mass is 16.5. The minimum Gasteiger partial charge on any atom is -0.476 e. The average Bonchev–Trinajstić information content (AvgIpc) is 2.34. The third-order valence-electron chi connectivity index (χ3n) is 3.01. The first-order chi connectivity index (χ1) is 8.86. The molecule has 0 aliphatic carbocycles. The Balaban J connectivity index is 2.57. The minimum atomic E-state index is -1.01. The molecule has 0 bridgehead atoms. The van der Waals surface area contributed by atoms with Crippen LogP contribution in [-0.4, -0.2) is 23.8 Å². The number of nitriles is 1. The second-order valence-corrected chi connectivity index (χ2v) is 4.90. The van der Waals surface area contributed by atoms with Crippen molar-refractivity contribution in [1.29, 1.82) is 5.26 Å². The van der Waals surface area contributed by atoms with Crippen molar-refractivity contribution in [2.24, 2.45) is 0 Å². The molecule has 1 aliphatic rings. The van der Waals surface area contributed by atoms with Crippen LogP contribution >= 0.6 is 0 Å². The molecule has 0 N–H and O–H groups in total. The molecule has 0 saturated heterocycles. The van der Waals surface area contributed by atoms with Gasteiger partial charge < -0.3 is 4.74 Å². The number of ketones is 1. The van der Waals surface area contributed by atoms with Gasteiger partial charge in [-0.15, -0.1) is 0 Å². The number of ether oxygens (including phenoxy) is 1. The fourth-order valence-electron chi connectivity index (χ4n) is 2.01. The normalized spacial score (nSPS) is 16.3. The van der Waals surface area contributed by atoms with E-state index in [2.05, 4.69) is 0 Å². The lowest BCUT2D eigenvalue weighted by Gasteiger charge is -2.37. The number of nitrogens with zero attached hydrogens (tertiary/aromatic N) is 2. The minimum absolute atomic E-state index is 0.0695. The summed E-state index contributed by atoms with van der Waals surface area (Å²) in [5.41, 5.74) is -0.0573. The SMILES string of the molecule is CC(=O)c1ccc2c(c1)N(CC#N)C(=O)C(C)(C)O2. The number of benzene rings is 1. The standard InChI is InChI=1S/C14H14N2O3/c1-9(17)10-4-5-12-11(8-10)16(7-6-15)13(18)14(2,3)19-12/h4-5,8H,7H2,1-3H3. The van der Waals surface area contributed by atoms with Crippen molar-refractivity contribution < 1.29 is 14.3 Å². The summed E-state index contributed by atoms with van der Waals surface area (Å²) in [6.07, 6.45) is 0. The number of anilines is 1. The first-order valence-corrected chi connectivity index (χ1v) is 5.90. The lowest BCUT2D eigenvalue weighted by Crippen LogP contribution is -2.52. The van der Waals surface area contributed by atoms with E-state index in [9.17, 15) is 9.59 Å². The van der Waals surface area contributed by atoms with E-state index in [0.717, 1.165) is 0 Å². The van der Waals surface area contributed by atoms with Gasteiger partial charge >= 0.3 is 0 Å². The lowest BCUT2D eigenvalue weighted by molar-refractivity contribution is -0.132. The molecule has 1 amide bonds. The van der Waals surface area contributed by atoms with Gasteiger partial charge in [0.05, 0.1) is 11.8 Å². The maximum atomic E-state index is 12.2. The van der Waals surface area contributed by atoms with Gasteiger partial charge in [0.15, 0.2) is 11.4 Å². The molecule has 1 aromatic carbocycles. The third kappa shape index (κ3) is 2.17. The van der Waals surface area contributed by atoms with Gasteiger partial charge in [-0.3, -0.25) is 14.5 Å². The first kappa shape index (κ1) is 13.1. The molecule has 0 radical (unpaired) electrons. The van der Waals surface area contributed by atoms with Crippen LogP contribution < -0.4 is 9.64 Å². The number of carbonyl (C=O) groups is 2. The average molecular weight is 258 g/mol. The van der Waals surface area contributed by atoms with Crippen molar-refractivity contribution in [3.05, 3.63) is 23.8 Å². The summed E-state index contributed by atoms with van der Waals surface area (Å²) in [5.74, 6) is 0.115. The first-order valence-electron chi connectivity index (χ1n) is 5.90. The Morgan fingerprint density at radius 2 is 2.16 bits per heavy atom. The van der Waals surface area contributed by atoms with E-state index in [1.165, 1.54) is 11.8 Å². The van der Waals surface area contributed by atoms with Crippen LogP contribution in [0.5, 0.6) is 5.75 Å². The Hall–Kier alpha value is -2.35. The molecule has 1 aliphatic heterocycles. The fourth-order valence-corrected chi connectivity index (χ4v) is 2.01. The molecular weight excluding hydrogens is 244 g/mol. The molecule has 0 atom stereocenters. The number of rotatable bonds is 2. The Bertz CT molecular complexity index is 599. The maximum absolute atomic E-state index is 12.2. The summed E-state index contributed by atoms with van der Waals surface area (Å²) in [4.78, 5) is 25.0. The summed E-state index contributed by atoms with van der Waals surface area (Å²) in [5, 5.41) is 8.86. The molecule has 1 heterocycles. The highest BCUT2D eigenvalue weighted by Crippen LogP contribution is 2.38. The summed E-state index contributed by atoms with van der Waals surface area (Å²) in [6.45, 7) is 4.69. The second kappa shape index (κ2) is 4.39. The fraction of sp³-hybridized carbons (Fsp3) is 0.357. The number of carbonyl (C=O) groups excluding carboxylic acids is 2. The van der Waals surface area contributed by atoms with Crippen molar-refractivity contribution in [1.82, 2.24) is 0 Å². The van der Waals surface area contributed by atoms with Gasteiger partial charge in [-0.25, -0.2) is 0 Å². The van der Waals surface area contributed by atoms with Gasteiger partial charge in [0.1, 0.15) is 12.3 Å². The Kier molecular flexibility index (Phi) is 3.03. The van der Waals surface area contributed by atoms with Crippen LogP contribution in [0.1, 0.15) is 31.1 Å². The second-order valence-electron chi connectivity index (χ2n) is 4.90. The van der Waals surface area contributed by atoms with Crippen LogP contribution in [0, 0.1) is 11.3 Å². The van der Waals surface area contributed by atoms with E-state index in [1.54, 1.807) is 32.0 Å². The molecule has 0 fully saturated rings. The summed E-state index contributed by atoms with van der Waals surface area (Å²) < 4.78 is 5.63. The number of Topliss-reactive ketones (excluding diaryl/α,β-unsaturated/α-hetero) is 1. The smallest absolute Gasteiger partial charge is 0.271 e. The molecule has 0 unspecified atom stereocenters. The van der Waals surface area contributed by atoms with Crippen LogP contribution in [0.3, 0.4) is 0 Å². The molecule has 98 valence electrons. The van der Waals surface area contributed by atoms with Gasteiger partial charge in [-0.05, 0) is 39.0 Å². The Morgan fingerprint density at radius 1 is 1.47 bits per heavy atom. The number of fused-ring (bicyclic) bond motifs is 1. The molecular formula is C14H14N2O3. The van der Waals surface area contributed by atoms with Crippen LogP contribution in [0.2, 0.25) is 0 Å². The molecule has 1 aromatic rings. The van der Waals surface area contributed by atoms with Crippen LogP contribution in [0.15, 0.2) is 18.2 Å². The van der Waals surface area contributed by atoms with E-state index in [1.807, 2.05) is 6.07 Å². The van der Waals surface area contributed by atoms with Crippen molar-refractivity contribution in [2.45, 2.75) is 26.4 Å². The maximum Gasteiger partial charge on any atom is 0.271 e. The Labute approximate surface area is 111 Å². The van der Waals surface area contributed by atoms with Gasteiger partial charge in [0.2, 0.25) is 0 Å². The van der Waals surface area contributed by atoms with Gasteiger partial charge in [-0.2, -0.15) is 5.26 Å². The summed E-state index contributed by atoms with van der Waals surface area (Å²) in [6, 6.07) is 6.85. The van der Waals surface area contributed by atoms with Crippen LogP contribution in [-0.2, 0) is 4.79 Å². The van der Waals surface area contributed by atoms with Crippen molar-refractivity contribution >= 4 is 17.4 Å². The monoisotopic (exact) mass is 258 g/mol. The highest BCUT2D eigenvalue weighted by Gasteiger charge is 2.40. The van der Waals surface area contributed by atoms with Crippen LogP contribution in [0.25, 0.3) is 0 Å². The topological polar surface area (TPSA) is 70.4 Å². The molecule has 0 spiro atoms. The molecule has 2 rings (SSSR count). The largest absolute Gasteiger partial charge is 0.476 e. The highest BCUT2D eigenvalue weighted by molar-refractivity contribution is 6.04. The zero-order valence-corrected chi connectivity index (χ0v) is 11.1. The van der Waals surface area contributed by atoms with Crippen molar-refractivity contribution in [3.63, 3.8) is 0 Å². The predicted octanol–water partition coefficient (Wildman–Crippen LogP) is 1.92. The molecule has 5 nitrogen and oxygen atoms in total. The number of hydrogen-bond donors (Lipinski definition) is 0. The Morgan fingerprint density at radius 3 is 2.74 bits per heavy atom. The molecule has 5 heteroatoms. The molecule has 19 heavy (non-hydrogen) atoms. The van der Waals surface area contributed by atoms with E-state index in [-0.39, 0.29) is 18.2 Å². The van der Waals surface area contributed by atoms with Crippen molar-refractivity contribution in [2.75, 3.05) is 11.4 Å². The zero-order valence-electron chi connectivity index (χ0n) is 11.1. The van der Waals surface area contributed by atoms with Gasteiger partial charge in [0, 0.05) is 5.56 Å². The predicted molar refractivity (Wildman–Crippen MR) is 69.1 cm³/mol. The summed E-state index contributed by atoms with van der Waals surface area (Å²) >= 11 is 0.